The summed E-state index contributed by atoms with van der Waals surface area (Å²) in [6.45, 7) is 4.06. The number of likely N-dealkylation sites (tertiary alicyclic amines) is 1. The van der Waals surface area contributed by atoms with Gasteiger partial charge in [0, 0.05) is 5.56 Å². The summed E-state index contributed by atoms with van der Waals surface area (Å²) in [5, 5.41) is 9.50. The third-order valence-corrected chi connectivity index (χ3v) is 3.93. The third-order valence-electron chi connectivity index (χ3n) is 3.93. The standard InChI is InChI=1S/C14H17F2NO2/c1-9-7-12(16)10(8-11(9)15)14(2,13(18)19)17-5-3-4-6-17/h7-8H,3-6H2,1-2H3,(H,18,19). The molecule has 1 aromatic carbocycles. The highest BCUT2D eigenvalue weighted by Gasteiger charge is 2.44. The number of halogens is 2. The Bertz CT molecular complexity index is 512. The predicted molar refractivity (Wildman–Crippen MR) is 66.9 cm³/mol. The Balaban J connectivity index is 2.56. The molecule has 1 atom stereocenters. The monoisotopic (exact) mass is 269 g/mol. The van der Waals surface area contributed by atoms with E-state index < -0.39 is 23.1 Å². The van der Waals surface area contributed by atoms with E-state index in [0.29, 0.717) is 13.1 Å². The zero-order valence-corrected chi connectivity index (χ0v) is 11.0. The van der Waals surface area contributed by atoms with Gasteiger partial charge in [0.15, 0.2) is 0 Å². The van der Waals surface area contributed by atoms with Gasteiger partial charge in [-0.25, -0.2) is 13.6 Å². The molecule has 1 unspecified atom stereocenters. The van der Waals surface area contributed by atoms with Crippen LogP contribution in [0.1, 0.15) is 30.9 Å². The van der Waals surface area contributed by atoms with Crippen LogP contribution >= 0.6 is 0 Å². The second-order valence-electron chi connectivity index (χ2n) is 5.15. The first-order valence-corrected chi connectivity index (χ1v) is 6.32. The molecule has 1 fully saturated rings. The molecule has 0 radical (unpaired) electrons. The lowest BCUT2D eigenvalue weighted by Crippen LogP contribution is -2.49. The third kappa shape index (κ3) is 2.23. The van der Waals surface area contributed by atoms with Crippen LogP contribution in [0.2, 0.25) is 0 Å². The average molecular weight is 269 g/mol. The van der Waals surface area contributed by atoms with Crippen LogP contribution in [-0.2, 0) is 10.3 Å². The number of carbonyl (C=O) groups is 1. The van der Waals surface area contributed by atoms with Gasteiger partial charge in [0.05, 0.1) is 0 Å². The van der Waals surface area contributed by atoms with Crippen molar-refractivity contribution in [2.75, 3.05) is 13.1 Å². The molecule has 0 aliphatic carbocycles. The molecule has 19 heavy (non-hydrogen) atoms. The summed E-state index contributed by atoms with van der Waals surface area (Å²) in [5.74, 6) is -2.41. The first-order valence-electron chi connectivity index (χ1n) is 6.32. The molecule has 104 valence electrons. The summed E-state index contributed by atoms with van der Waals surface area (Å²) in [7, 11) is 0. The van der Waals surface area contributed by atoms with Crippen molar-refractivity contribution in [3.05, 3.63) is 34.9 Å². The van der Waals surface area contributed by atoms with Crippen molar-refractivity contribution in [1.82, 2.24) is 4.90 Å². The molecule has 1 saturated heterocycles. The number of rotatable bonds is 3. The average Bonchev–Trinajstić information content (AvgIpc) is 2.86. The smallest absolute Gasteiger partial charge is 0.328 e. The Kier molecular flexibility index (Phi) is 3.58. The van der Waals surface area contributed by atoms with Gasteiger partial charge >= 0.3 is 5.97 Å². The number of carboxylic acids is 1. The summed E-state index contributed by atoms with van der Waals surface area (Å²) in [4.78, 5) is 13.3. The van der Waals surface area contributed by atoms with Crippen LogP contribution in [0, 0.1) is 18.6 Å². The highest BCUT2D eigenvalue weighted by molar-refractivity contribution is 5.80. The number of carboxylic acid groups (broad SMARTS) is 1. The summed E-state index contributed by atoms with van der Waals surface area (Å²) in [6, 6.07) is 2.07. The van der Waals surface area contributed by atoms with Crippen molar-refractivity contribution in [1.29, 1.82) is 0 Å². The molecule has 1 N–H and O–H groups in total. The van der Waals surface area contributed by atoms with Gasteiger partial charge in [0.1, 0.15) is 17.2 Å². The van der Waals surface area contributed by atoms with Crippen LogP contribution < -0.4 is 0 Å². The van der Waals surface area contributed by atoms with E-state index >= 15 is 0 Å². The van der Waals surface area contributed by atoms with E-state index in [4.69, 9.17) is 0 Å². The van der Waals surface area contributed by atoms with Crippen LogP contribution in [0.4, 0.5) is 8.78 Å². The second kappa shape index (κ2) is 4.89. The van der Waals surface area contributed by atoms with E-state index in [1.807, 2.05) is 0 Å². The highest BCUT2D eigenvalue weighted by atomic mass is 19.1. The van der Waals surface area contributed by atoms with Gasteiger partial charge in [-0.3, -0.25) is 4.90 Å². The maximum absolute atomic E-state index is 14.1. The van der Waals surface area contributed by atoms with Gasteiger partial charge < -0.3 is 5.11 Å². The maximum atomic E-state index is 14.1. The van der Waals surface area contributed by atoms with Crippen LogP contribution in [0.15, 0.2) is 12.1 Å². The van der Waals surface area contributed by atoms with Gasteiger partial charge in [0.25, 0.3) is 0 Å². The molecule has 1 aliphatic heterocycles. The number of aliphatic carboxylic acids is 1. The van der Waals surface area contributed by atoms with E-state index in [1.54, 1.807) is 4.90 Å². The van der Waals surface area contributed by atoms with E-state index in [9.17, 15) is 18.7 Å². The zero-order valence-electron chi connectivity index (χ0n) is 11.0. The molecular formula is C14H17F2NO2. The number of aryl methyl sites for hydroxylation is 1. The highest BCUT2D eigenvalue weighted by Crippen LogP contribution is 2.34. The normalized spacial score (nSPS) is 19.4. The molecule has 1 heterocycles. The number of hydrogen-bond acceptors (Lipinski definition) is 2. The maximum Gasteiger partial charge on any atom is 0.328 e. The fourth-order valence-corrected chi connectivity index (χ4v) is 2.60. The fraction of sp³-hybridized carbons (Fsp3) is 0.500. The van der Waals surface area contributed by atoms with Crippen molar-refractivity contribution in [2.45, 2.75) is 32.2 Å². The lowest BCUT2D eigenvalue weighted by Gasteiger charge is -2.35. The van der Waals surface area contributed by atoms with E-state index in [0.717, 1.165) is 25.0 Å². The minimum atomic E-state index is -1.52. The quantitative estimate of drug-likeness (QED) is 0.917. The van der Waals surface area contributed by atoms with Crippen molar-refractivity contribution in [3.63, 3.8) is 0 Å². The molecule has 0 saturated carbocycles. The van der Waals surface area contributed by atoms with Crippen molar-refractivity contribution >= 4 is 5.97 Å². The Morgan fingerprint density at radius 1 is 1.26 bits per heavy atom. The summed E-state index contributed by atoms with van der Waals surface area (Å²) < 4.78 is 27.7. The van der Waals surface area contributed by atoms with Gasteiger partial charge in [0.2, 0.25) is 0 Å². The summed E-state index contributed by atoms with van der Waals surface area (Å²) >= 11 is 0. The first kappa shape index (κ1) is 13.9. The molecular weight excluding hydrogens is 252 g/mol. The molecule has 0 bridgehead atoms. The molecule has 0 aromatic heterocycles. The fourth-order valence-electron chi connectivity index (χ4n) is 2.60. The molecule has 1 aromatic rings. The number of hydrogen-bond donors (Lipinski definition) is 1. The molecule has 3 nitrogen and oxygen atoms in total. The minimum Gasteiger partial charge on any atom is -0.480 e. The first-order chi connectivity index (χ1) is 8.87. The van der Waals surface area contributed by atoms with Crippen LogP contribution in [0.3, 0.4) is 0 Å². The Morgan fingerprint density at radius 2 is 1.84 bits per heavy atom. The molecule has 0 amide bonds. The van der Waals surface area contributed by atoms with Crippen LogP contribution in [0.25, 0.3) is 0 Å². The largest absolute Gasteiger partial charge is 0.480 e. The van der Waals surface area contributed by atoms with E-state index in [2.05, 4.69) is 0 Å². The van der Waals surface area contributed by atoms with Gasteiger partial charge in [-0.05, 0) is 57.5 Å². The zero-order chi connectivity index (χ0) is 14.2. The summed E-state index contributed by atoms with van der Waals surface area (Å²) in [5.41, 5.74) is -1.45. The van der Waals surface area contributed by atoms with Crippen molar-refractivity contribution < 1.29 is 18.7 Å². The van der Waals surface area contributed by atoms with Gasteiger partial charge in [-0.1, -0.05) is 0 Å². The SMILES string of the molecule is Cc1cc(F)c(C(C)(C(=O)O)N2CCCC2)cc1F. The number of nitrogens with zero attached hydrogens (tertiary/aromatic N) is 1. The molecule has 1 aliphatic rings. The lowest BCUT2D eigenvalue weighted by molar-refractivity contribution is -0.150. The second-order valence-corrected chi connectivity index (χ2v) is 5.15. The summed E-state index contributed by atoms with van der Waals surface area (Å²) in [6.07, 6.45) is 1.75. The van der Waals surface area contributed by atoms with Gasteiger partial charge in [-0.2, -0.15) is 0 Å². The Hall–Kier alpha value is -1.49. The Morgan fingerprint density at radius 3 is 2.37 bits per heavy atom. The minimum absolute atomic E-state index is 0.106. The van der Waals surface area contributed by atoms with Crippen molar-refractivity contribution in [2.24, 2.45) is 0 Å². The topological polar surface area (TPSA) is 40.5 Å². The molecule has 2 rings (SSSR count). The van der Waals surface area contributed by atoms with E-state index in [-0.39, 0.29) is 11.1 Å². The predicted octanol–water partition coefficient (Wildman–Crippen LogP) is 2.67. The lowest BCUT2D eigenvalue weighted by atomic mass is 9.89. The number of benzene rings is 1. The Labute approximate surface area is 110 Å². The van der Waals surface area contributed by atoms with E-state index in [1.165, 1.54) is 13.8 Å². The van der Waals surface area contributed by atoms with Crippen LogP contribution in [-0.4, -0.2) is 29.1 Å². The van der Waals surface area contributed by atoms with Crippen LogP contribution in [0.5, 0.6) is 0 Å². The molecule has 0 spiro atoms. The van der Waals surface area contributed by atoms with Gasteiger partial charge in [-0.15, -0.1) is 0 Å². The van der Waals surface area contributed by atoms with Crippen molar-refractivity contribution in [3.8, 4) is 0 Å². The molecule has 5 heteroatoms.